The first kappa shape index (κ1) is 17.0. The molecule has 24 heavy (non-hydrogen) atoms. The molecule has 0 spiro atoms. The van der Waals surface area contributed by atoms with E-state index >= 15 is 0 Å². The monoisotopic (exact) mass is 364 g/mol. The van der Waals surface area contributed by atoms with Crippen LogP contribution in [0.25, 0.3) is 0 Å². The van der Waals surface area contributed by atoms with E-state index in [4.69, 9.17) is 11.6 Å². The summed E-state index contributed by atoms with van der Waals surface area (Å²) in [6.45, 7) is 0. The van der Waals surface area contributed by atoms with Crippen molar-refractivity contribution in [2.75, 3.05) is 0 Å². The SMILES string of the molecule is Fc1ccc(C(SCc2ccc(Cl)cc2)C(F)n2ccnc2)cc1. The molecule has 0 aliphatic carbocycles. The molecule has 1 aromatic heterocycles. The molecule has 6 heteroatoms. The van der Waals surface area contributed by atoms with Gasteiger partial charge in [-0.05, 0) is 35.4 Å². The maximum absolute atomic E-state index is 15.0. The van der Waals surface area contributed by atoms with Gasteiger partial charge in [-0.15, -0.1) is 11.8 Å². The Morgan fingerprint density at radius 2 is 1.79 bits per heavy atom. The first-order chi connectivity index (χ1) is 11.6. The lowest BCUT2D eigenvalue weighted by molar-refractivity contribution is 0.235. The zero-order chi connectivity index (χ0) is 16.9. The summed E-state index contributed by atoms with van der Waals surface area (Å²) >= 11 is 7.35. The van der Waals surface area contributed by atoms with Crippen LogP contribution >= 0.6 is 23.4 Å². The normalized spacial score (nSPS) is 13.6. The number of thioether (sulfide) groups is 1. The van der Waals surface area contributed by atoms with Crippen molar-refractivity contribution < 1.29 is 8.78 Å². The number of benzene rings is 2. The van der Waals surface area contributed by atoms with Crippen LogP contribution in [0.1, 0.15) is 22.7 Å². The second-order valence-corrected chi connectivity index (χ2v) is 6.86. The molecule has 0 saturated carbocycles. The molecule has 0 aliphatic rings. The number of hydrogen-bond donors (Lipinski definition) is 0. The maximum Gasteiger partial charge on any atom is 0.193 e. The Morgan fingerprint density at radius 1 is 1.08 bits per heavy atom. The Balaban J connectivity index is 1.81. The predicted molar refractivity (Wildman–Crippen MR) is 94.3 cm³/mol. The predicted octanol–water partition coefficient (Wildman–Crippen LogP) is 5.82. The van der Waals surface area contributed by atoms with Gasteiger partial charge in [0.2, 0.25) is 0 Å². The molecular weight excluding hydrogens is 350 g/mol. The maximum atomic E-state index is 15.0. The van der Waals surface area contributed by atoms with E-state index in [1.165, 1.54) is 41.0 Å². The Labute approximate surface area is 148 Å². The first-order valence-corrected chi connectivity index (χ1v) is 8.79. The molecule has 2 unspecified atom stereocenters. The van der Waals surface area contributed by atoms with Crippen LogP contribution in [-0.4, -0.2) is 9.55 Å². The van der Waals surface area contributed by atoms with Crippen molar-refractivity contribution in [2.24, 2.45) is 0 Å². The highest BCUT2D eigenvalue weighted by Gasteiger charge is 2.25. The molecule has 3 aromatic rings. The van der Waals surface area contributed by atoms with Gasteiger partial charge >= 0.3 is 0 Å². The fourth-order valence-corrected chi connectivity index (χ4v) is 3.66. The summed E-state index contributed by atoms with van der Waals surface area (Å²) in [6, 6.07) is 13.4. The van der Waals surface area contributed by atoms with Crippen molar-refractivity contribution in [1.82, 2.24) is 9.55 Å². The molecule has 2 atom stereocenters. The third-order valence-electron chi connectivity index (χ3n) is 3.60. The van der Waals surface area contributed by atoms with Crippen molar-refractivity contribution in [3.8, 4) is 0 Å². The second kappa shape index (κ2) is 7.81. The highest BCUT2D eigenvalue weighted by atomic mass is 35.5. The zero-order valence-electron chi connectivity index (χ0n) is 12.6. The molecule has 2 aromatic carbocycles. The number of aromatic nitrogens is 2. The minimum atomic E-state index is -1.30. The number of nitrogens with zero attached hydrogens (tertiary/aromatic N) is 2. The highest BCUT2D eigenvalue weighted by Crippen LogP contribution is 2.41. The zero-order valence-corrected chi connectivity index (χ0v) is 14.2. The van der Waals surface area contributed by atoms with Gasteiger partial charge in [-0.25, -0.2) is 13.8 Å². The fraction of sp³-hybridized carbons (Fsp3) is 0.167. The minimum Gasteiger partial charge on any atom is -0.305 e. The van der Waals surface area contributed by atoms with Gasteiger partial charge in [-0.1, -0.05) is 35.9 Å². The van der Waals surface area contributed by atoms with Gasteiger partial charge < -0.3 is 4.57 Å². The van der Waals surface area contributed by atoms with Crippen molar-refractivity contribution >= 4 is 23.4 Å². The molecule has 0 fully saturated rings. The Hall–Kier alpha value is -1.85. The van der Waals surface area contributed by atoms with Crippen molar-refractivity contribution in [2.45, 2.75) is 17.3 Å². The highest BCUT2D eigenvalue weighted by molar-refractivity contribution is 7.98. The van der Waals surface area contributed by atoms with E-state index in [0.717, 1.165) is 11.1 Å². The van der Waals surface area contributed by atoms with Crippen LogP contribution in [-0.2, 0) is 5.75 Å². The number of hydrogen-bond acceptors (Lipinski definition) is 2. The second-order valence-electron chi connectivity index (χ2n) is 5.29. The number of alkyl halides is 1. The van der Waals surface area contributed by atoms with Gasteiger partial charge in [0.1, 0.15) is 5.82 Å². The van der Waals surface area contributed by atoms with Crippen LogP contribution in [0, 0.1) is 5.82 Å². The van der Waals surface area contributed by atoms with Gasteiger partial charge in [0.25, 0.3) is 0 Å². The molecule has 0 amide bonds. The van der Waals surface area contributed by atoms with Gasteiger partial charge in [0.15, 0.2) is 6.30 Å². The van der Waals surface area contributed by atoms with Crippen LogP contribution in [0.2, 0.25) is 5.02 Å². The number of imidazole rings is 1. The molecule has 1 heterocycles. The summed E-state index contributed by atoms with van der Waals surface area (Å²) in [4.78, 5) is 3.90. The van der Waals surface area contributed by atoms with E-state index in [9.17, 15) is 8.78 Å². The molecule has 0 bridgehead atoms. The van der Waals surface area contributed by atoms with E-state index in [0.29, 0.717) is 10.8 Å². The fourth-order valence-electron chi connectivity index (χ4n) is 2.33. The summed E-state index contributed by atoms with van der Waals surface area (Å²) in [6.07, 6.45) is 3.28. The molecule has 124 valence electrons. The summed E-state index contributed by atoms with van der Waals surface area (Å²) in [5.41, 5.74) is 1.78. The lowest BCUT2D eigenvalue weighted by atomic mass is 10.1. The van der Waals surface area contributed by atoms with Crippen molar-refractivity contribution in [3.63, 3.8) is 0 Å². The van der Waals surface area contributed by atoms with Crippen LogP contribution in [0.4, 0.5) is 8.78 Å². The molecule has 0 saturated heterocycles. The molecular formula is C18H15ClF2N2S. The quantitative estimate of drug-likeness (QED) is 0.548. The number of halogens is 3. The van der Waals surface area contributed by atoms with E-state index in [1.807, 2.05) is 24.3 Å². The van der Waals surface area contributed by atoms with E-state index in [2.05, 4.69) is 4.98 Å². The van der Waals surface area contributed by atoms with E-state index in [-0.39, 0.29) is 5.82 Å². The van der Waals surface area contributed by atoms with Gasteiger partial charge in [0, 0.05) is 23.2 Å². The van der Waals surface area contributed by atoms with E-state index in [1.54, 1.807) is 18.3 Å². The van der Waals surface area contributed by atoms with Gasteiger partial charge in [-0.2, -0.15) is 0 Å². The lowest BCUT2D eigenvalue weighted by Gasteiger charge is -2.22. The first-order valence-electron chi connectivity index (χ1n) is 7.36. The topological polar surface area (TPSA) is 17.8 Å². The largest absolute Gasteiger partial charge is 0.305 e. The molecule has 0 N–H and O–H groups in total. The van der Waals surface area contributed by atoms with Gasteiger partial charge in [-0.3, -0.25) is 0 Å². The average molecular weight is 365 g/mol. The molecule has 3 rings (SSSR count). The standard InChI is InChI=1S/C18H15ClF2N2S/c19-15-5-1-13(2-6-15)11-24-17(14-3-7-16(20)8-4-14)18(21)23-10-9-22-12-23/h1-10,12,17-18H,11H2. The summed E-state index contributed by atoms with van der Waals surface area (Å²) in [7, 11) is 0. The summed E-state index contributed by atoms with van der Waals surface area (Å²) in [5, 5.41) is 0.191. The summed E-state index contributed by atoms with van der Waals surface area (Å²) in [5.74, 6) is 0.284. The molecule has 0 radical (unpaired) electrons. The third kappa shape index (κ3) is 4.16. The van der Waals surface area contributed by atoms with Crippen LogP contribution in [0.5, 0.6) is 0 Å². The summed E-state index contributed by atoms with van der Waals surface area (Å²) < 4.78 is 29.6. The van der Waals surface area contributed by atoms with Crippen molar-refractivity contribution in [1.29, 1.82) is 0 Å². The minimum absolute atomic E-state index is 0.335. The van der Waals surface area contributed by atoms with Crippen LogP contribution in [0.15, 0.2) is 67.3 Å². The Bertz CT molecular complexity index is 761. The molecule has 2 nitrogen and oxygen atoms in total. The van der Waals surface area contributed by atoms with Crippen molar-refractivity contribution in [3.05, 3.63) is 89.2 Å². The average Bonchev–Trinajstić information content (AvgIpc) is 3.12. The Kier molecular flexibility index (Phi) is 5.53. The van der Waals surface area contributed by atoms with Crippen LogP contribution < -0.4 is 0 Å². The third-order valence-corrected chi connectivity index (χ3v) is 5.21. The Morgan fingerprint density at radius 3 is 2.42 bits per heavy atom. The number of rotatable bonds is 6. The van der Waals surface area contributed by atoms with Gasteiger partial charge in [0.05, 0.1) is 11.6 Å². The smallest absolute Gasteiger partial charge is 0.193 e. The van der Waals surface area contributed by atoms with E-state index < -0.39 is 11.5 Å². The van der Waals surface area contributed by atoms with Crippen LogP contribution in [0.3, 0.4) is 0 Å². The molecule has 0 aliphatic heterocycles. The lowest BCUT2D eigenvalue weighted by Crippen LogP contribution is -2.10.